The lowest BCUT2D eigenvalue weighted by atomic mass is 10.0. The van der Waals surface area contributed by atoms with E-state index in [2.05, 4.69) is 0 Å². The molecule has 2 aromatic carbocycles. The molecule has 1 N–H and O–H groups in total. The zero-order valence-corrected chi connectivity index (χ0v) is 10.4. The average molecular weight is 270 g/mol. The SMILES string of the molecule is O=C(O)C=CC(=O)c1ccc(-c2ccccc2F)cc1. The van der Waals surface area contributed by atoms with Crippen LogP contribution in [-0.4, -0.2) is 16.9 Å². The van der Waals surface area contributed by atoms with Crippen molar-refractivity contribution in [3.63, 3.8) is 0 Å². The van der Waals surface area contributed by atoms with E-state index in [0.717, 1.165) is 12.2 Å². The van der Waals surface area contributed by atoms with Crippen molar-refractivity contribution in [1.82, 2.24) is 0 Å². The number of halogens is 1. The fourth-order valence-electron chi connectivity index (χ4n) is 1.75. The van der Waals surface area contributed by atoms with E-state index in [0.29, 0.717) is 16.7 Å². The fourth-order valence-corrected chi connectivity index (χ4v) is 1.75. The highest BCUT2D eigenvalue weighted by Crippen LogP contribution is 2.22. The van der Waals surface area contributed by atoms with Crippen LogP contribution < -0.4 is 0 Å². The molecule has 0 aliphatic heterocycles. The Morgan fingerprint density at radius 3 is 2.20 bits per heavy atom. The first-order valence-electron chi connectivity index (χ1n) is 5.88. The predicted molar refractivity (Wildman–Crippen MR) is 72.9 cm³/mol. The number of ketones is 1. The molecule has 0 radical (unpaired) electrons. The van der Waals surface area contributed by atoms with Crippen LogP contribution in [0.15, 0.2) is 60.7 Å². The molecule has 0 saturated heterocycles. The van der Waals surface area contributed by atoms with Crippen LogP contribution in [0, 0.1) is 5.82 Å². The minimum absolute atomic E-state index is 0.336. The number of rotatable bonds is 4. The molecule has 2 aromatic rings. The van der Waals surface area contributed by atoms with E-state index in [-0.39, 0.29) is 5.82 Å². The highest BCUT2D eigenvalue weighted by atomic mass is 19.1. The molecule has 0 bridgehead atoms. The van der Waals surface area contributed by atoms with Gasteiger partial charge in [-0.2, -0.15) is 0 Å². The zero-order chi connectivity index (χ0) is 14.5. The lowest BCUT2D eigenvalue weighted by Crippen LogP contribution is -1.96. The Balaban J connectivity index is 2.25. The van der Waals surface area contributed by atoms with Gasteiger partial charge in [0.05, 0.1) is 0 Å². The molecule has 0 heterocycles. The normalized spacial score (nSPS) is 10.7. The highest BCUT2D eigenvalue weighted by Gasteiger charge is 2.06. The van der Waals surface area contributed by atoms with Gasteiger partial charge in [-0.1, -0.05) is 42.5 Å². The second-order valence-electron chi connectivity index (χ2n) is 4.09. The van der Waals surface area contributed by atoms with Crippen molar-refractivity contribution in [2.24, 2.45) is 0 Å². The lowest BCUT2D eigenvalue weighted by molar-refractivity contribution is -0.131. The number of carboxylic acid groups (broad SMARTS) is 1. The Bertz CT molecular complexity index is 672. The largest absolute Gasteiger partial charge is 0.478 e. The minimum atomic E-state index is -1.18. The first-order chi connectivity index (χ1) is 9.58. The zero-order valence-electron chi connectivity index (χ0n) is 10.4. The van der Waals surface area contributed by atoms with Crippen LogP contribution in [0.25, 0.3) is 11.1 Å². The minimum Gasteiger partial charge on any atom is -0.478 e. The molecule has 20 heavy (non-hydrogen) atoms. The van der Waals surface area contributed by atoms with Gasteiger partial charge in [-0.3, -0.25) is 4.79 Å². The van der Waals surface area contributed by atoms with E-state index in [4.69, 9.17) is 5.11 Å². The molecule has 0 spiro atoms. The molecule has 0 unspecified atom stereocenters. The van der Waals surface area contributed by atoms with E-state index in [1.54, 1.807) is 30.3 Å². The van der Waals surface area contributed by atoms with Gasteiger partial charge in [-0.25, -0.2) is 9.18 Å². The first kappa shape index (κ1) is 13.7. The standard InChI is InChI=1S/C16H11FO3/c17-14-4-2-1-3-13(14)11-5-7-12(8-6-11)15(18)9-10-16(19)20/h1-10H,(H,19,20). The molecular weight excluding hydrogens is 259 g/mol. The van der Waals surface area contributed by atoms with Crippen LogP contribution in [0.1, 0.15) is 10.4 Å². The highest BCUT2D eigenvalue weighted by molar-refractivity contribution is 6.07. The molecule has 0 atom stereocenters. The molecule has 2 rings (SSSR count). The number of carbonyl (C=O) groups is 2. The summed E-state index contributed by atoms with van der Waals surface area (Å²) in [5.74, 6) is -1.92. The molecule has 0 aliphatic rings. The summed E-state index contributed by atoms with van der Waals surface area (Å²) < 4.78 is 13.6. The van der Waals surface area contributed by atoms with E-state index in [1.165, 1.54) is 18.2 Å². The average Bonchev–Trinajstić information content (AvgIpc) is 2.45. The number of benzene rings is 2. The monoisotopic (exact) mass is 270 g/mol. The van der Waals surface area contributed by atoms with Crippen molar-refractivity contribution in [1.29, 1.82) is 0 Å². The van der Waals surface area contributed by atoms with Crippen molar-refractivity contribution in [2.75, 3.05) is 0 Å². The van der Waals surface area contributed by atoms with Gasteiger partial charge in [-0.15, -0.1) is 0 Å². The first-order valence-corrected chi connectivity index (χ1v) is 5.88. The van der Waals surface area contributed by atoms with Gasteiger partial charge in [-0.05, 0) is 17.7 Å². The maximum Gasteiger partial charge on any atom is 0.328 e. The van der Waals surface area contributed by atoms with Crippen LogP contribution in [0.3, 0.4) is 0 Å². The Morgan fingerprint density at radius 2 is 1.60 bits per heavy atom. The van der Waals surface area contributed by atoms with Gasteiger partial charge >= 0.3 is 5.97 Å². The second-order valence-corrected chi connectivity index (χ2v) is 4.09. The summed E-state index contributed by atoms with van der Waals surface area (Å²) in [6, 6.07) is 12.7. The molecule has 0 fully saturated rings. The van der Waals surface area contributed by atoms with Crippen LogP contribution >= 0.6 is 0 Å². The topological polar surface area (TPSA) is 54.4 Å². The van der Waals surface area contributed by atoms with Crippen LogP contribution in [0.2, 0.25) is 0 Å². The van der Waals surface area contributed by atoms with Gasteiger partial charge in [0.2, 0.25) is 0 Å². The number of hydrogen-bond donors (Lipinski definition) is 1. The van der Waals surface area contributed by atoms with Crippen LogP contribution in [-0.2, 0) is 4.79 Å². The molecule has 0 amide bonds. The second kappa shape index (κ2) is 5.93. The van der Waals surface area contributed by atoms with Crippen molar-refractivity contribution in [3.8, 4) is 11.1 Å². The number of carboxylic acids is 1. The quantitative estimate of drug-likeness (QED) is 0.685. The lowest BCUT2D eigenvalue weighted by Gasteiger charge is -2.04. The van der Waals surface area contributed by atoms with Gasteiger partial charge < -0.3 is 5.11 Å². The maximum absolute atomic E-state index is 13.6. The molecule has 3 nitrogen and oxygen atoms in total. The Hall–Kier alpha value is -2.75. The summed E-state index contributed by atoms with van der Waals surface area (Å²) in [6.45, 7) is 0. The number of aliphatic carboxylic acids is 1. The smallest absolute Gasteiger partial charge is 0.328 e. The van der Waals surface area contributed by atoms with Gasteiger partial charge in [0.25, 0.3) is 0 Å². The third-order valence-electron chi connectivity index (χ3n) is 2.73. The van der Waals surface area contributed by atoms with E-state index in [9.17, 15) is 14.0 Å². The van der Waals surface area contributed by atoms with E-state index >= 15 is 0 Å². The fraction of sp³-hybridized carbons (Fsp3) is 0. The van der Waals surface area contributed by atoms with Crippen LogP contribution in [0.4, 0.5) is 4.39 Å². The van der Waals surface area contributed by atoms with Gasteiger partial charge in [0, 0.05) is 17.2 Å². The molecule has 0 saturated carbocycles. The summed E-state index contributed by atoms with van der Waals surface area (Å²) in [6.07, 6.45) is 1.77. The van der Waals surface area contributed by atoms with Gasteiger partial charge in [0.15, 0.2) is 5.78 Å². The van der Waals surface area contributed by atoms with Crippen molar-refractivity contribution in [2.45, 2.75) is 0 Å². The molecular formula is C16H11FO3. The molecule has 4 heteroatoms. The van der Waals surface area contributed by atoms with Crippen molar-refractivity contribution < 1.29 is 19.1 Å². The third-order valence-corrected chi connectivity index (χ3v) is 2.73. The third kappa shape index (κ3) is 3.17. The molecule has 0 aliphatic carbocycles. The maximum atomic E-state index is 13.6. The predicted octanol–water partition coefficient (Wildman–Crippen LogP) is 3.32. The summed E-state index contributed by atoms with van der Waals surface area (Å²) in [7, 11) is 0. The summed E-state index contributed by atoms with van der Waals surface area (Å²) in [5, 5.41) is 8.45. The van der Waals surface area contributed by atoms with E-state index < -0.39 is 11.8 Å². The summed E-state index contributed by atoms with van der Waals surface area (Å²) in [5.41, 5.74) is 1.46. The van der Waals surface area contributed by atoms with Crippen molar-refractivity contribution in [3.05, 3.63) is 72.1 Å². The molecule has 0 aromatic heterocycles. The van der Waals surface area contributed by atoms with Gasteiger partial charge in [0.1, 0.15) is 5.82 Å². The Kier molecular flexibility index (Phi) is 4.05. The summed E-state index contributed by atoms with van der Waals surface area (Å²) in [4.78, 5) is 22.0. The molecule has 100 valence electrons. The summed E-state index contributed by atoms with van der Waals surface area (Å²) >= 11 is 0. The number of carbonyl (C=O) groups excluding carboxylic acids is 1. The van der Waals surface area contributed by atoms with Crippen molar-refractivity contribution >= 4 is 11.8 Å². The Morgan fingerprint density at radius 1 is 0.950 bits per heavy atom. The number of allylic oxidation sites excluding steroid dienone is 1. The number of hydrogen-bond acceptors (Lipinski definition) is 2. The Labute approximate surface area is 115 Å². The van der Waals surface area contributed by atoms with E-state index in [1.807, 2.05) is 0 Å². The van der Waals surface area contributed by atoms with Crippen LogP contribution in [0.5, 0.6) is 0 Å².